The van der Waals surface area contributed by atoms with E-state index in [0.29, 0.717) is 0 Å². The van der Waals surface area contributed by atoms with Crippen LogP contribution in [-0.2, 0) is 4.74 Å². The van der Waals surface area contributed by atoms with Crippen molar-refractivity contribution < 1.29 is 4.74 Å². The zero-order valence-electron chi connectivity index (χ0n) is 5.56. The van der Waals surface area contributed by atoms with E-state index in [2.05, 4.69) is 18.8 Å². The third-order valence-electron chi connectivity index (χ3n) is 1.09. The molecule has 0 N–H and O–H groups in total. The molecule has 0 spiro atoms. The molecule has 0 aromatic rings. The van der Waals surface area contributed by atoms with Gasteiger partial charge < -0.3 is 4.74 Å². The van der Waals surface area contributed by atoms with Crippen molar-refractivity contribution >= 4 is 5.90 Å². The Morgan fingerprint density at radius 3 is 2.22 bits per heavy atom. The first-order valence-corrected chi connectivity index (χ1v) is 2.79. The van der Waals surface area contributed by atoms with Crippen molar-refractivity contribution in [2.75, 3.05) is 6.61 Å². The fourth-order valence-electron chi connectivity index (χ4n) is 0.772. The summed E-state index contributed by atoms with van der Waals surface area (Å²) in [5.74, 6) is 0.815. The molecule has 0 fully saturated rings. The first-order chi connectivity index (χ1) is 3.60. The van der Waals surface area contributed by atoms with Crippen molar-refractivity contribution in [3.05, 3.63) is 0 Å². The molecule has 2 heteroatoms. The smallest absolute Gasteiger partial charge is 0.180 e. The summed E-state index contributed by atoms with van der Waals surface area (Å²) in [6.07, 6.45) is 0. The van der Waals surface area contributed by atoms with E-state index in [1.807, 2.05) is 6.92 Å². The summed E-state index contributed by atoms with van der Waals surface area (Å²) >= 11 is 0. The average Bonchev–Trinajstić information content (AvgIpc) is 1.82. The lowest BCUT2D eigenvalue weighted by molar-refractivity contribution is 0.277. The van der Waals surface area contributed by atoms with Gasteiger partial charge in [0.15, 0.2) is 5.90 Å². The van der Waals surface area contributed by atoms with Crippen molar-refractivity contribution in [1.82, 2.24) is 0 Å². The van der Waals surface area contributed by atoms with Gasteiger partial charge in [-0.2, -0.15) is 0 Å². The van der Waals surface area contributed by atoms with E-state index < -0.39 is 0 Å². The summed E-state index contributed by atoms with van der Waals surface area (Å²) in [4.78, 5) is 4.22. The molecule has 2 nitrogen and oxygen atoms in total. The number of ether oxygens (including phenoxy) is 1. The van der Waals surface area contributed by atoms with Crippen LogP contribution in [0.3, 0.4) is 0 Å². The molecular weight excluding hydrogens is 114 g/mol. The molecule has 0 radical (unpaired) electrons. The predicted molar refractivity (Wildman–Crippen MR) is 39.9 cm³/mol. The van der Waals surface area contributed by atoms with E-state index in [-0.39, 0.29) is 13.0 Å². The maximum absolute atomic E-state index is 5.12. The third-order valence-corrected chi connectivity index (χ3v) is 1.09. The van der Waals surface area contributed by atoms with Crippen LogP contribution in [0, 0.1) is 0 Å². The van der Waals surface area contributed by atoms with E-state index in [4.69, 9.17) is 4.74 Å². The number of hydrogen-bond acceptors (Lipinski definition) is 2. The van der Waals surface area contributed by atoms with Crippen molar-refractivity contribution in [3.63, 3.8) is 0 Å². The second-order valence-corrected chi connectivity index (χ2v) is 2.73. The largest absolute Gasteiger partial charge is 0.479 e. The minimum atomic E-state index is 0. The zero-order valence-corrected chi connectivity index (χ0v) is 5.56. The first-order valence-electron chi connectivity index (χ1n) is 2.79. The van der Waals surface area contributed by atoms with Crippen LogP contribution < -0.4 is 0 Å². The SMILES string of the molecule is C.CC1=NC(C)(C)CO1. The van der Waals surface area contributed by atoms with Gasteiger partial charge in [0.2, 0.25) is 0 Å². The number of aliphatic imine (C=N–C) groups is 1. The molecule has 0 unspecified atom stereocenters. The highest BCUT2D eigenvalue weighted by Gasteiger charge is 2.23. The second-order valence-electron chi connectivity index (χ2n) is 2.73. The molecule has 0 atom stereocenters. The maximum atomic E-state index is 5.12. The summed E-state index contributed by atoms with van der Waals surface area (Å²) in [7, 11) is 0. The topological polar surface area (TPSA) is 21.6 Å². The van der Waals surface area contributed by atoms with Gasteiger partial charge >= 0.3 is 0 Å². The number of nitrogens with zero attached hydrogens (tertiary/aromatic N) is 1. The highest BCUT2D eigenvalue weighted by atomic mass is 16.5. The van der Waals surface area contributed by atoms with E-state index in [0.717, 1.165) is 12.5 Å². The van der Waals surface area contributed by atoms with Crippen LogP contribution in [0.15, 0.2) is 4.99 Å². The molecular formula is C7H15NO. The lowest BCUT2D eigenvalue weighted by atomic mass is 10.1. The predicted octanol–water partition coefficient (Wildman–Crippen LogP) is 1.85. The maximum Gasteiger partial charge on any atom is 0.180 e. The van der Waals surface area contributed by atoms with Gasteiger partial charge in [-0.1, -0.05) is 7.43 Å². The Balaban J connectivity index is 0.000000640. The van der Waals surface area contributed by atoms with Gasteiger partial charge in [-0.05, 0) is 13.8 Å². The van der Waals surface area contributed by atoms with Gasteiger partial charge in [0.05, 0.1) is 5.54 Å². The highest BCUT2D eigenvalue weighted by Crippen LogP contribution is 2.15. The summed E-state index contributed by atoms with van der Waals surface area (Å²) in [6.45, 7) is 6.74. The van der Waals surface area contributed by atoms with Crippen LogP contribution in [0.25, 0.3) is 0 Å². The lowest BCUT2D eigenvalue weighted by Gasteiger charge is -2.07. The van der Waals surface area contributed by atoms with E-state index in [9.17, 15) is 0 Å². The van der Waals surface area contributed by atoms with Gasteiger partial charge in [0.25, 0.3) is 0 Å². The van der Waals surface area contributed by atoms with Gasteiger partial charge in [-0.25, -0.2) is 4.99 Å². The zero-order chi connectivity index (χ0) is 6.20. The van der Waals surface area contributed by atoms with Crippen LogP contribution >= 0.6 is 0 Å². The number of hydrogen-bond donors (Lipinski definition) is 0. The van der Waals surface area contributed by atoms with Crippen molar-refractivity contribution in [3.8, 4) is 0 Å². The van der Waals surface area contributed by atoms with Gasteiger partial charge in [0.1, 0.15) is 6.61 Å². The molecule has 1 aliphatic rings. The van der Waals surface area contributed by atoms with Crippen molar-refractivity contribution in [1.29, 1.82) is 0 Å². The van der Waals surface area contributed by atoms with Crippen molar-refractivity contribution in [2.24, 2.45) is 4.99 Å². The molecule has 1 rings (SSSR count). The van der Waals surface area contributed by atoms with Crippen LogP contribution in [-0.4, -0.2) is 18.0 Å². The van der Waals surface area contributed by atoms with Gasteiger partial charge in [-0.15, -0.1) is 0 Å². The Bertz CT molecular complexity index is 127. The fourth-order valence-corrected chi connectivity index (χ4v) is 0.772. The number of rotatable bonds is 0. The molecule has 1 aliphatic heterocycles. The molecule has 0 saturated carbocycles. The van der Waals surface area contributed by atoms with Crippen LogP contribution in [0.2, 0.25) is 0 Å². The molecule has 54 valence electrons. The molecule has 1 heterocycles. The van der Waals surface area contributed by atoms with Gasteiger partial charge in [-0.3, -0.25) is 0 Å². The Kier molecular flexibility index (Phi) is 2.24. The third kappa shape index (κ3) is 2.04. The highest BCUT2D eigenvalue weighted by molar-refractivity contribution is 5.75. The quantitative estimate of drug-likeness (QED) is 0.489. The fraction of sp³-hybridized carbons (Fsp3) is 0.857. The van der Waals surface area contributed by atoms with Crippen LogP contribution in [0.4, 0.5) is 0 Å². The average molecular weight is 129 g/mol. The Labute approximate surface area is 56.9 Å². The molecule has 0 saturated heterocycles. The van der Waals surface area contributed by atoms with Crippen molar-refractivity contribution in [2.45, 2.75) is 33.7 Å². The molecule has 9 heavy (non-hydrogen) atoms. The molecule has 0 aromatic carbocycles. The van der Waals surface area contributed by atoms with E-state index in [1.54, 1.807) is 0 Å². The summed E-state index contributed by atoms with van der Waals surface area (Å²) in [5.41, 5.74) is 0.0318. The van der Waals surface area contributed by atoms with Crippen LogP contribution in [0.5, 0.6) is 0 Å². The van der Waals surface area contributed by atoms with E-state index >= 15 is 0 Å². The first kappa shape index (κ1) is 8.47. The molecule has 0 amide bonds. The Hall–Kier alpha value is -0.530. The normalized spacial score (nSPS) is 21.9. The second kappa shape index (κ2) is 2.38. The lowest BCUT2D eigenvalue weighted by Crippen LogP contribution is -2.17. The van der Waals surface area contributed by atoms with Gasteiger partial charge in [0, 0.05) is 6.92 Å². The minimum Gasteiger partial charge on any atom is -0.479 e. The summed E-state index contributed by atoms with van der Waals surface area (Å²) in [6, 6.07) is 0. The molecule has 0 aliphatic carbocycles. The molecule has 0 bridgehead atoms. The Morgan fingerprint density at radius 1 is 1.56 bits per heavy atom. The molecule has 0 aromatic heterocycles. The Morgan fingerprint density at radius 2 is 2.11 bits per heavy atom. The standard InChI is InChI=1S/C6H11NO.CH4/c1-5-7-6(2,3)4-8-5;/h4H2,1-3H3;1H4. The summed E-state index contributed by atoms with van der Waals surface area (Å²) in [5, 5.41) is 0. The minimum absolute atomic E-state index is 0. The van der Waals surface area contributed by atoms with E-state index in [1.165, 1.54) is 0 Å². The summed E-state index contributed by atoms with van der Waals surface area (Å²) < 4.78 is 5.12. The monoisotopic (exact) mass is 129 g/mol. The van der Waals surface area contributed by atoms with Crippen LogP contribution in [0.1, 0.15) is 28.2 Å².